The van der Waals surface area contributed by atoms with Gasteiger partial charge in [0, 0.05) is 12.6 Å². The van der Waals surface area contributed by atoms with Crippen molar-refractivity contribution in [3.63, 3.8) is 0 Å². The Hall–Kier alpha value is -0.920. The number of halogens is 1. The molecule has 2 heterocycles. The second kappa shape index (κ2) is 6.31. The summed E-state index contributed by atoms with van der Waals surface area (Å²) in [6, 6.07) is 0.213. The number of aromatic nitrogens is 2. The molecule has 0 aromatic carbocycles. The van der Waals surface area contributed by atoms with Crippen LogP contribution in [0.2, 0.25) is 0 Å². The van der Waals surface area contributed by atoms with Gasteiger partial charge in [0.05, 0.1) is 31.6 Å². The van der Waals surface area contributed by atoms with Gasteiger partial charge in [-0.25, -0.2) is 4.68 Å². The monoisotopic (exact) mass is 317 g/mol. The van der Waals surface area contributed by atoms with Gasteiger partial charge in [-0.3, -0.25) is 4.79 Å². The third-order valence-electron chi connectivity index (χ3n) is 2.82. The quantitative estimate of drug-likeness (QED) is 0.850. The second-order valence-corrected chi connectivity index (χ2v) is 4.98. The summed E-state index contributed by atoms with van der Waals surface area (Å²) in [6.45, 7) is 1.54. The molecule has 1 aromatic rings. The van der Waals surface area contributed by atoms with E-state index in [0.29, 0.717) is 16.8 Å². The molecule has 1 aliphatic heterocycles. The molecule has 0 aliphatic carbocycles. The molecule has 0 radical (unpaired) electrons. The highest BCUT2D eigenvalue weighted by molar-refractivity contribution is 9.10. The third kappa shape index (κ3) is 3.09. The van der Waals surface area contributed by atoms with E-state index in [1.165, 1.54) is 4.68 Å². The van der Waals surface area contributed by atoms with E-state index in [2.05, 4.69) is 26.3 Å². The maximum absolute atomic E-state index is 11.9. The third-order valence-corrected chi connectivity index (χ3v) is 3.58. The van der Waals surface area contributed by atoms with Gasteiger partial charge in [0.1, 0.15) is 4.47 Å². The molecule has 100 valence electrons. The van der Waals surface area contributed by atoms with Crippen LogP contribution in [0, 0.1) is 0 Å². The molecule has 2 rings (SSSR count). The van der Waals surface area contributed by atoms with Gasteiger partial charge in [0.2, 0.25) is 0 Å². The Labute approximate surface area is 113 Å². The van der Waals surface area contributed by atoms with Crippen LogP contribution in [-0.2, 0) is 11.3 Å². The molecule has 0 spiro atoms. The first-order chi connectivity index (χ1) is 8.72. The molecular weight excluding hydrogens is 302 g/mol. The van der Waals surface area contributed by atoms with Crippen molar-refractivity contribution in [2.45, 2.75) is 25.4 Å². The average Bonchev–Trinajstić information content (AvgIpc) is 2.40. The normalized spacial score (nSPS) is 19.8. The SMILES string of the molecule is O=c1c(Br)c(NC2CCCOC2)cnn1CCO. The molecule has 1 saturated heterocycles. The number of aliphatic hydroxyl groups excluding tert-OH is 1. The number of aliphatic hydroxyl groups is 1. The van der Waals surface area contributed by atoms with Crippen molar-refractivity contribution in [3.05, 3.63) is 21.0 Å². The summed E-state index contributed by atoms with van der Waals surface area (Å²) in [5.74, 6) is 0. The first kappa shape index (κ1) is 13.5. The first-order valence-electron chi connectivity index (χ1n) is 5.93. The van der Waals surface area contributed by atoms with Gasteiger partial charge in [-0.2, -0.15) is 5.10 Å². The maximum Gasteiger partial charge on any atom is 0.283 e. The molecule has 1 aliphatic rings. The summed E-state index contributed by atoms with van der Waals surface area (Å²) in [7, 11) is 0. The lowest BCUT2D eigenvalue weighted by Gasteiger charge is -2.24. The topological polar surface area (TPSA) is 76.4 Å². The van der Waals surface area contributed by atoms with Crippen molar-refractivity contribution in [2.75, 3.05) is 25.1 Å². The van der Waals surface area contributed by atoms with Gasteiger partial charge >= 0.3 is 0 Å². The highest BCUT2D eigenvalue weighted by Gasteiger charge is 2.16. The zero-order valence-corrected chi connectivity index (χ0v) is 11.5. The molecule has 1 unspecified atom stereocenters. The summed E-state index contributed by atoms with van der Waals surface area (Å²) in [4.78, 5) is 11.9. The number of hydrogen-bond acceptors (Lipinski definition) is 5. The van der Waals surface area contributed by atoms with Crippen LogP contribution < -0.4 is 10.9 Å². The fraction of sp³-hybridized carbons (Fsp3) is 0.636. The number of rotatable bonds is 4. The lowest BCUT2D eigenvalue weighted by molar-refractivity contribution is 0.0876. The van der Waals surface area contributed by atoms with Crippen LogP contribution in [0.1, 0.15) is 12.8 Å². The van der Waals surface area contributed by atoms with E-state index in [4.69, 9.17) is 9.84 Å². The Balaban J connectivity index is 2.13. The van der Waals surface area contributed by atoms with E-state index in [0.717, 1.165) is 19.4 Å². The number of anilines is 1. The Kier molecular flexibility index (Phi) is 4.73. The minimum Gasteiger partial charge on any atom is -0.394 e. The Morgan fingerprint density at radius 1 is 1.67 bits per heavy atom. The predicted octanol–water partition coefficient (Wildman–Crippen LogP) is 0.589. The lowest BCUT2D eigenvalue weighted by atomic mass is 10.1. The smallest absolute Gasteiger partial charge is 0.283 e. The fourth-order valence-electron chi connectivity index (χ4n) is 1.89. The lowest BCUT2D eigenvalue weighted by Crippen LogP contribution is -2.32. The molecule has 1 aromatic heterocycles. The minimum absolute atomic E-state index is 0.109. The first-order valence-corrected chi connectivity index (χ1v) is 6.72. The van der Waals surface area contributed by atoms with Crippen molar-refractivity contribution in [1.29, 1.82) is 0 Å². The zero-order valence-electron chi connectivity index (χ0n) is 9.93. The zero-order chi connectivity index (χ0) is 13.0. The molecule has 0 saturated carbocycles. The van der Waals surface area contributed by atoms with Crippen molar-refractivity contribution in [2.24, 2.45) is 0 Å². The second-order valence-electron chi connectivity index (χ2n) is 4.18. The Bertz CT molecular complexity index is 457. The Morgan fingerprint density at radius 3 is 3.17 bits per heavy atom. The molecule has 0 amide bonds. The largest absolute Gasteiger partial charge is 0.394 e. The molecule has 18 heavy (non-hydrogen) atoms. The van der Waals surface area contributed by atoms with Crippen LogP contribution in [0.3, 0.4) is 0 Å². The van der Waals surface area contributed by atoms with Crippen LogP contribution in [0.5, 0.6) is 0 Å². The van der Waals surface area contributed by atoms with E-state index < -0.39 is 0 Å². The summed E-state index contributed by atoms with van der Waals surface area (Å²) in [5.41, 5.74) is 0.426. The summed E-state index contributed by atoms with van der Waals surface area (Å²) >= 11 is 3.27. The van der Waals surface area contributed by atoms with Gasteiger partial charge in [-0.15, -0.1) is 0 Å². The summed E-state index contributed by atoms with van der Waals surface area (Å²) < 4.78 is 7.04. The highest BCUT2D eigenvalue weighted by atomic mass is 79.9. The van der Waals surface area contributed by atoms with E-state index in [-0.39, 0.29) is 24.8 Å². The average molecular weight is 318 g/mol. The molecular formula is C11H16BrN3O3. The minimum atomic E-state index is -0.245. The number of nitrogens with one attached hydrogen (secondary N) is 1. The Morgan fingerprint density at radius 2 is 2.50 bits per heavy atom. The van der Waals surface area contributed by atoms with Gasteiger partial charge in [0.25, 0.3) is 5.56 Å². The van der Waals surface area contributed by atoms with Crippen LogP contribution in [0.15, 0.2) is 15.5 Å². The van der Waals surface area contributed by atoms with Gasteiger partial charge in [0.15, 0.2) is 0 Å². The van der Waals surface area contributed by atoms with E-state index >= 15 is 0 Å². The summed E-state index contributed by atoms with van der Waals surface area (Å²) in [6.07, 6.45) is 3.63. The highest BCUT2D eigenvalue weighted by Crippen LogP contribution is 2.19. The van der Waals surface area contributed by atoms with Crippen LogP contribution in [0.25, 0.3) is 0 Å². The molecule has 6 nitrogen and oxygen atoms in total. The number of hydrogen-bond donors (Lipinski definition) is 2. The van der Waals surface area contributed by atoms with Crippen LogP contribution >= 0.6 is 15.9 Å². The molecule has 1 fully saturated rings. The molecule has 2 N–H and O–H groups in total. The van der Waals surface area contributed by atoms with Gasteiger partial charge in [-0.05, 0) is 28.8 Å². The van der Waals surface area contributed by atoms with Gasteiger partial charge in [-0.1, -0.05) is 0 Å². The van der Waals surface area contributed by atoms with Crippen molar-refractivity contribution < 1.29 is 9.84 Å². The molecule has 1 atom stereocenters. The van der Waals surface area contributed by atoms with Gasteiger partial charge < -0.3 is 15.2 Å². The van der Waals surface area contributed by atoms with Crippen LogP contribution in [0.4, 0.5) is 5.69 Å². The number of nitrogens with zero attached hydrogens (tertiary/aromatic N) is 2. The molecule has 7 heteroatoms. The predicted molar refractivity (Wildman–Crippen MR) is 70.7 cm³/mol. The van der Waals surface area contributed by atoms with Crippen molar-refractivity contribution in [3.8, 4) is 0 Å². The molecule has 0 bridgehead atoms. The van der Waals surface area contributed by atoms with Crippen LogP contribution in [-0.4, -0.2) is 40.7 Å². The summed E-state index contributed by atoms with van der Waals surface area (Å²) in [5, 5.41) is 16.1. The fourth-order valence-corrected chi connectivity index (χ4v) is 2.32. The number of ether oxygens (including phenoxy) is 1. The van der Waals surface area contributed by atoms with E-state index in [1.54, 1.807) is 6.20 Å². The van der Waals surface area contributed by atoms with E-state index in [1.807, 2.05) is 0 Å². The van der Waals surface area contributed by atoms with Crippen molar-refractivity contribution in [1.82, 2.24) is 9.78 Å². The maximum atomic E-state index is 11.9. The van der Waals surface area contributed by atoms with E-state index in [9.17, 15) is 4.79 Å². The standard InChI is InChI=1S/C11H16BrN3O3/c12-10-9(14-8-2-1-5-18-7-8)6-13-15(3-4-16)11(10)17/h6,8,14,16H,1-5,7H2. The van der Waals surface area contributed by atoms with Crippen molar-refractivity contribution >= 4 is 21.6 Å².